The average molecular weight is 272 g/mol. The van der Waals surface area contributed by atoms with Crippen LogP contribution < -0.4 is 0 Å². The van der Waals surface area contributed by atoms with Gasteiger partial charge in [-0.1, -0.05) is 6.07 Å². The van der Waals surface area contributed by atoms with E-state index in [1.54, 1.807) is 36.3 Å². The van der Waals surface area contributed by atoms with E-state index < -0.39 is 4.92 Å². The van der Waals surface area contributed by atoms with Gasteiger partial charge in [-0.05, 0) is 23.5 Å². The molecule has 1 amide bonds. The van der Waals surface area contributed by atoms with Crippen molar-refractivity contribution < 1.29 is 9.72 Å². The van der Waals surface area contributed by atoms with E-state index in [0.29, 0.717) is 24.2 Å². The second kappa shape index (κ2) is 4.44. The topological polar surface area (TPSA) is 80.8 Å². The first-order valence-electron chi connectivity index (χ1n) is 6.15. The molecule has 0 unspecified atom stereocenters. The van der Waals surface area contributed by atoms with Crippen LogP contribution >= 0.6 is 0 Å². The number of fused-ring (bicyclic) bond motifs is 1. The highest BCUT2D eigenvalue weighted by Crippen LogP contribution is 2.25. The molecule has 0 aromatic carbocycles. The van der Waals surface area contributed by atoms with E-state index in [1.165, 1.54) is 10.5 Å². The summed E-state index contributed by atoms with van der Waals surface area (Å²) in [6, 6.07) is 5.15. The number of nitro groups is 1. The van der Waals surface area contributed by atoms with Crippen LogP contribution in [0.5, 0.6) is 0 Å². The van der Waals surface area contributed by atoms with Crippen molar-refractivity contribution in [2.75, 3.05) is 13.6 Å². The molecule has 0 radical (unpaired) electrons. The lowest BCUT2D eigenvalue weighted by Crippen LogP contribution is -2.18. The van der Waals surface area contributed by atoms with Crippen LogP contribution in [-0.2, 0) is 4.79 Å². The average Bonchev–Trinajstić information content (AvgIpc) is 2.93. The van der Waals surface area contributed by atoms with Gasteiger partial charge < -0.3 is 15.0 Å². The number of rotatable bonds is 2. The van der Waals surface area contributed by atoms with Gasteiger partial charge in [-0.2, -0.15) is 4.40 Å². The number of likely N-dealkylation sites (N-methyl/N-ethyl adjacent to an activating group) is 1. The fourth-order valence-electron chi connectivity index (χ4n) is 2.32. The summed E-state index contributed by atoms with van der Waals surface area (Å²) in [5.74, 6) is -0.216. The normalized spacial score (nSPS) is 17.4. The van der Waals surface area contributed by atoms with E-state index in [9.17, 15) is 14.9 Å². The van der Waals surface area contributed by atoms with E-state index in [4.69, 9.17) is 0 Å². The molecular weight excluding hydrogens is 260 g/mol. The molecule has 102 valence electrons. The number of nitrogens with zero attached hydrogens (tertiary/aromatic N) is 4. The Labute approximate surface area is 114 Å². The third-order valence-electron chi connectivity index (χ3n) is 3.35. The van der Waals surface area contributed by atoms with Crippen LogP contribution in [0.2, 0.25) is 0 Å². The minimum absolute atomic E-state index is 0.101. The highest BCUT2D eigenvalue weighted by Gasteiger charge is 2.26. The second-order valence-corrected chi connectivity index (χ2v) is 4.65. The Balaban J connectivity index is 2.17. The van der Waals surface area contributed by atoms with Gasteiger partial charge in [0.15, 0.2) is 5.69 Å². The molecule has 0 atom stereocenters. The minimum Gasteiger partial charge on any atom is -0.358 e. The lowest BCUT2D eigenvalue weighted by molar-refractivity contribution is -0.390. The number of carbonyl (C=O) groups excluding carboxylic acids is 1. The number of pyridine rings is 1. The molecule has 1 fully saturated rings. The summed E-state index contributed by atoms with van der Waals surface area (Å²) in [7, 11) is 1.71. The number of aromatic nitrogens is 2. The van der Waals surface area contributed by atoms with Crippen LogP contribution in [0, 0.1) is 10.1 Å². The Morgan fingerprint density at radius 3 is 2.90 bits per heavy atom. The standard InChI is InChI=1S/C13H12N4O3/c1-15-7-5-9(13(15)18)8-10-12(17(19)20)16-6-3-2-4-11(16)14-10/h2-4,6,8H,5,7H2,1H3/b9-8+. The third kappa shape index (κ3) is 1.83. The van der Waals surface area contributed by atoms with Gasteiger partial charge in [0.1, 0.15) is 0 Å². The van der Waals surface area contributed by atoms with Crippen molar-refractivity contribution in [2.24, 2.45) is 0 Å². The largest absolute Gasteiger partial charge is 0.358 e. The molecule has 0 bridgehead atoms. The van der Waals surface area contributed by atoms with Gasteiger partial charge in [0, 0.05) is 25.2 Å². The first kappa shape index (κ1) is 12.3. The maximum atomic E-state index is 11.9. The molecule has 7 nitrogen and oxygen atoms in total. The van der Waals surface area contributed by atoms with Crippen LogP contribution in [-0.4, -0.2) is 38.7 Å². The molecule has 0 saturated carbocycles. The molecule has 1 saturated heterocycles. The van der Waals surface area contributed by atoms with Gasteiger partial charge in [-0.15, -0.1) is 0 Å². The zero-order valence-electron chi connectivity index (χ0n) is 10.8. The molecule has 0 aliphatic carbocycles. The van der Waals surface area contributed by atoms with Crippen LogP contribution in [0.1, 0.15) is 12.1 Å². The molecule has 2 aromatic heterocycles. The molecule has 0 spiro atoms. The fraction of sp³-hybridized carbons (Fsp3) is 0.231. The Bertz CT molecular complexity index is 747. The summed E-state index contributed by atoms with van der Waals surface area (Å²) in [5.41, 5.74) is 1.27. The van der Waals surface area contributed by atoms with Crippen molar-refractivity contribution in [3.8, 4) is 0 Å². The quantitative estimate of drug-likeness (QED) is 0.471. The lowest BCUT2D eigenvalue weighted by atomic mass is 10.2. The molecule has 20 heavy (non-hydrogen) atoms. The predicted molar refractivity (Wildman–Crippen MR) is 72.1 cm³/mol. The highest BCUT2D eigenvalue weighted by atomic mass is 16.6. The Morgan fingerprint density at radius 2 is 2.25 bits per heavy atom. The summed E-state index contributed by atoms with van der Waals surface area (Å²) in [6.07, 6.45) is 3.70. The summed E-state index contributed by atoms with van der Waals surface area (Å²) in [5, 5.41) is 11.2. The molecule has 3 rings (SSSR count). The zero-order chi connectivity index (χ0) is 14.3. The van der Waals surface area contributed by atoms with Gasteiger partial charge in [-0.3, -0.25) is 4.79 Å². The molecule has 3 heterocycles. The molecule has 0 N–H and O–H groups in total. The van der Waals surface area contributed by atoms with Gasteiger partial charge >= 0.3 is 5.82 Å². The van der Waals surface area contributed by atoms with Crippen molar-refractivity contribution in [1.29, 1.82) is 0 Å². The predicted octanol–water partition coefficient (Wildman–Crippen LogP) is 1.49. The zero-order valence-corrected chi connectivity index (χ0v) is 10.8. The van der Waals surface area contributed by atoms with Gasteiger partial charge in [0.2, 0.25) is 11.6 Å². The van der Waals surface area contributed by atoms with E-state index in [2.05, 4.69) is 4.98 Å². The van der Waals surface area contributed by atoms with Crippen LogP contribution in [0.15, 0.2) is 30.0 Å². The Kier molecular flexibility index (Phi) is 2.74. The number of likely N-dealkylation sites (tertiary alicyclic amines) is 1. The molecule has 7 heteroatoms. The number of carbonyl (C=O) groups is 1. The summed E-state index contributed by atoms with van der Waals surface area (Å²) in [4.78, 5) is 28.4. The maximum Gasteiger partial charge on any atom is 0.355 e. The molecule has 1 aliphatic heterocycles. The van der Waals surface area contributed by atoms with Gasteiger partial charge in [0.25, 0.3) is 0 Å². The molecule has 2 aromatic rings. The van der Waals surface area contributed by atoms with Crippen LogP contribution in [0.25, 0.3) is 11.7 Å². The van der Waals surface area contributed by atoms with Crippen LogP contribution in [0.3, 0.4) is 0 Å². The first-order valence-corrected chi connectivity index (χ1v) is 6.15. The second-order valence-electron chi connectivity index (χ2n) is 4.65. The number of hydrogen-bond donors (Lipinski definition) is 0. The first-order chi connectivity index (χ1) is 9.58. The summed E-state index contributed by atoms with van der Waals surface area (Å²) >= 11 is 0. The number of imidazole rings is 1. The summed E-state index contributed by atoms with van der Waals surface area (Å²) in [6.45, 7) is 0.631. The van der Waals surface area contributed by atoms with Crippen molar-refractivity contribution in [3.05, 3.63) is 45.8 Å². The van der Waals surface area contributed by atoms with Crippen molar-refractivity contribution in [3.63, 3.8) is 0 Å². The lowest BCUT2D eigenvalue weighted by Gasteiger charge is -2.04. The fourth-order valence-corrected chi connectivity index (χ4v) is 2.32. The number of hydrogen-bond acceptors (Lipinski definition) is 4. The van der Waals surface area contributed by atoms with E-state index in [1.807, 2.05) is 0 Å². The van der Waals surface area contributed by atoms with Crippen LogP contribution in [0.4, 0.5) is 5.82 Å². The van der Waals surface area contributed by atoms with Crippen molar-refractivity contribution in [2.45, 2.75) is 6.42 Å². The van der Waals surface area contributed by atoms with Crippen molar-refractivity contribution in [1.82, 2.24) is 14.3 Å². The SMILES string of the molecule is CN1CC/C(=C\c2nc3ccccn3c2[N+](=O)[O-])C1=O. The van der Waals surface area contributed by atoms with E-state index in [-0.39, 0.29) is 17.4 Å². The van der Waals surface area contributed by atoms with Gasteiger partial charge in [0.05, 0.1) is 6.20 Å². The molecule has 1 aliphatic rings. The monoisotopic (exact) mass is 272 g/mol. The summed E-state index contributed by atoms with van der Waals surface area (Å²) < 4.78 is 1.41. The van der Waals surface area contributed by atoms with E-state index >= 15 is 0 Å². The van der Waals surface area contributed by atoms with Crippen molar-refractivity contribution >= 4 is 23.4 Å². The van der Waals surface area contributed by atoms with Gasteiger partial charge in [-0.25, -0.2) is 4.98 Å². The molecular formula is C13H12N4O3. The number of amides is 1. The maximum absolute atomic E-state index is 11.9. The Morgan fingerprint density at radius 1 is 1.45 bits per heavy atom. The smallest absolute Gasteiger partial charge is 0.355 e. The third-order valence-corrected chi connectivity index (χ3v) is 3.35. The highest BCUT2D eigenvalue weighted by molar-refractivity contribution is 5.99. The Hall–Kier alpha value is -2.70. The minimum atomic E-state index is -0.477. The van der Waals surface area contributed by atoms with E-state index in [0.717, 1.165) is 0 Å².